The number of hydrogen-bond acceptors (Lipinski definition) is 4. The van der Waals surface area contributed by atoms with Crippen LogP contribution in [0.15, 0.2) is 27.6 Å². The highest BCUT2D eigenvalue weighted by atomic mass is 79.9. The van der Waals surface area contributed by atoms with Crippen LogP contribution < -0.4 is 5.11 Å². The summed E-state index contributed by atoms with van der Waals surface area (Å²) in [5, 5.41) is 10.9. The normalized spacial score (nSPS) is 18.1. The second-order valence-corrected chi connectivity index (χ2v) is 7.90. The van der Waals surface area contributed by atoms with Crippen molar-refractivity contribution in [2.24, 2.45) is 5.92 Å². The van der Waals surface area contributed by atoms with Gasteiger partial charge in [-0.25, -0.2) is 8.42 Å². The maximum Gasteiger partial charge on any atom is 0.243 e. The number of sulfonamides is 1. The molecule has 1 heterocycles. The highest BCUT2D eigenvalue weighted by molar-refractivity contribution is 9.10. The van der Waals surface area contributed by atoms with Crippen LogP contribution in [-0.2, 0) is 10.0 Å². The van der Waals surface area contributed by atoms with E-state index in [4.69, 9.17) is 0 Å². The van der Waals surface area contributed by atoms with Gasteiger partial charge >= 0.3 is 0 Å². The number of carboxylic acid groups (broad SMARTS) is 1. The molecule has 110 valence electrons. The Balaban J connectivity index is 2.36. The Morgan fingerprint density at radius 3 is 2.45 bits per heavy atom. The van der Waals surface area contributed by atoms with E-state index >= 15 is 0 Å². The first kappa shape index (κ1) is 15.5. The molecule has 1 aromatic carbocycles. The molecular weight excluding hydrogens is 346 g/mol. The van der Waals surface area contributed by atoms with Crippen LogP contribution >= 0.6 is 15.9 Å². The Hall–Kier alpha value is -0.920. The van der Waals surface area contributed by atoms with E-state index < -0.39 is 16.0 Å². The third-order valence-electron chi connectivity index (χ3n) is 3.49. The Kier molecular flexibility index (Phi) is 4.51. The van der Waals surface area contributed by atoms with E-state index in [1.54, 1.807) is 0 Å². The number of aromatic carboxylic acids is 1. The maximum absolute atomic E-state index is 12.5. The number of piperidine rings is 1. The van der Waals surface area contributed by atoms with Crippen LogP contribution in [0.1, 0.15) is 30.1 Å². The number of nitrogens with zero attached hydrogens (tertiary/aromatic N) is 1. The first-order valence-electron chi connectivity index (χ1n) is 6.33. The van der Waals surface area contributed by atoms with Gasteiger partial charge in [0.15, 0.2) is 0 Å². The SMILES string of the molecule is CC1CCN(S(=O)(=O)c2cc(Br)cc(C(=O)[O-])c2)CC1. The third-order valence-corrected chi connectivity index (χ3v) is 5.82. The van der Waals surface area contributed by atoms with Crippen LogP contribution in [0.2, 0.25) is 0 Å². The minimum absolute atomic E-state index is 0.0133. The lowest BCUT2D eigenvalue weighted by atomic mass is 10.0. The second-order valence-electron chi connectivity index (χ2n) is 5.05. The van der Waals surface area contributed by atoms with E-state index in [0.717, 1.165) is 18.9 Å². The Morgan fingerprint density at radius 2 is 1.90 bits per heavy atom. The summed E-state index contributed by atoms with van der Waals surface area (Å²) in [6.45, 7) is 3.03. The van der Waals surface area contributed by atoms with Crippen LogP contribution in [0.3, 0.4) is 0 Å². The molecule has 0 radical (unpaired) electrons. The van der Waals surface area contributed by atoms with Gasteiger partial charge in [0.25, 0.3) is 0 Å². The number of carbonyl (C=O) groups is 1. The molecule has 7 heteroatoms. The van der Waals surface area contributed by atoms with Gasteiger partial charge in [0.1, 0.15) is 0 Å². The smallest absolute Gasteiger partial charge is 0.243 e. The van der Waals surface area contributed by atoms with E-state index in [-0.39, 0.29) is 10.5 Å². The van der Waals surface area contributed by atoms with Crippen molar-refractivity contribution in [2.75, 3.05) is 13.1 Å². The van der Waals surface area contributed by atoms with Gasteiger partial charge < -0.3 is 9.90 Å². The largest absolute Gasteiger partial charge is 0.545 e. The number of carboxylic acids is 1. The Bertz CT molecular complexity index is 621. The van der Waals surface area contributed by atoms with Gasteiger partial charge in [-0.3, -0.25) is 0 Å². The molecular formula is C13H15BrNO4S-. The van der Waals surface area contributed by atoms with Crippen LogP contribution in [0.4, 0.5) is 0 Å². The van der Waals surface area contributed by atoms with Gasteiger partial charge in [0, 0.05) is 17.6 Å². The topological polar surface area (TPSA) is 77.5 Å². The summed E-state index contributed by atoms with van der Waals surface area (Å²) >= 11 is 3.13. The zero-order valence-corrected chi connectivity index (χ0v) is 13.4. The van der Waals surface area contributed by atoms with Crippen molar-refractivity contribution in [1.82, 2.24) is 4.31 Å². The summed E-state index contributed by atoms with van der Waals surface area (Å²) < 4.78 is 26.8. The average Bonchev–Trinajstić information content (AvgIpc) is 2.38. The maximum atomic E-state index is 12.5. The quantitative estimate of drug-likeness (QED) is 0.812. The van der Waals surface area contributed by atoms with E-state index in [1.807, 2.05) is 0 Å². The number of carbonyl (C=O) groups excluding carboxylic acids is 1. The highest BCUT2D eigenvalue weighted by Gasteiger charge is 2.28. The van der Waals surface area contributed by atoms with Gasteiger partial charge in [-0.15, -0.1) is 0 Å². The first-order chi connectivity index (χ1) is 9.30. The summed E-state index contributed by atoms with van der Waals surface area (Å²) in [6.07, 6.45) is 1.64. The number of benzene rings is 1. The molecule has 0 unspecified atom stereocenters. The summed E-state index contributed by atoms with van der Waals surface area (Å²) in [5.74, 6) is -0.877. The summed E-state index contributed by atoms with van der Waals surface area (Å²) in [7, 11) is -3.65. The monoisotopic (exact) mass is 360 g/mol. The molecule has 1 aromatic rings. The van der Waals surface area contributed by atoms with Gasteiger partial charge in [0.2, 0.25) is 10.0 Å². The molecule has 0 saturated carbocycles. The van der Waals surface area contributed by atoms with Crippen LogP contribution in [0.5, 0.6) is 0 Å². The van der Waals surface area contributed by atoms with Crippen molar-refractivity contribution >= 4 is 31.9 Å². The fourth-order valence-electron chi connectivity index (χ4n) is 2.20. The molecule has 0 spiro atoms. The fourth-order valence-corrected chi connectivity index (χ4v) is 4.39. The van der Waals surface area contributed by atoms with E-state index in [0.29, 0.717) is 23.5 Å². The highest BCUT2D eigenvalue weighted by Crippen LogP contribution is 2.26. The molecule has 1 fully saturated rings. The lowest BCUT2D eigenvalue weighted by molar-refractivity contribution is -0.255. The molecule has 0 N–H and O–H groups in total. The van der Waals surface area contributed by atoms with Crippen molar-refractivity contribution in [3.8, 4) is 0 Å². The van der Waals surface area contributed by atoms with Gasteiger partial charge in [0.05, 0.1) is 10.9 Å². The lowest BCUT2D eigenvalue weighted by Gasteiger charge is -2.29. The van der Waals surface area contributed by atoms with E-state index in [2.05, 4.69) is 22.9 Å². The van der Waals surface area contributed by atoms with Crippen molar-refractivity contribution in [3.05, 3.63) is 28.2 Å². The fraction of sp³-hybridized carbons (Fsp3) is 0.462. The molecule has 1 aliphatic heterocycles. The molecule has 1 saturated heterocycles. The molecule has 1 aliphatic rings. The van der Waals surface area contributed by atoms with Crippen molar-refractivity contribution < 1.29 is 18.3 Å². The molecule has 5 nitrogen and oxygen atoms in total. The van der Waals surface area contributed by atoms with Gasteiger partial charge in [-0.05, 0) is 42.5 Å². The predicted octanol–water partition coefficient (Wildman–Crippen LogP) is 1.23. The minimum atomic E-state index is -3.65. The first-order valence-corrected chi connectivity index (χ1v) is 8.56. The van der Waals surface area contributed by atoms with Crippen LogP contribution in [0, 0.1) is 5.92 Å². The average molecular weight is 361 g/mol. The molecule has 2 rings (SSSR count). The number of hydrogen-bond donors (Lipinski definition) is 0. The molecule has 20 heavy (non-hydrogen) atoms. The zero-order chi connectivity index (χ0) is 14.9. The minimum Gasteiger partial charge on any atom is -0.545 e. The van der Waals surface area contributed by atoms with Crippen LogP contribution in [0.25, 0.3) is 0 Å². The van der Waals surface area contributed by atoms with Gasteiger partial charge in [-0.2, -0.15) is 4.31 Å². The van der Waals surface area contributed by atoms with Crippen molar-refractivity contribution in [3.63, 3.8) is 0 Å². The standard InChI is InChI=1S/C13H16BrNO4S/c1-9-2-4-15(5-3-9)20(18,19)12-7-10(13(16)17)6-11(14)8-12/h6-9H,2-5H2,1H3,(H,16,17)/p-1. The van der Waals surface area contributed by atoms with Crippen molar-refractivity contribution in [2.45, 2.75) is 24.7 Å². The molecule has 0 aromatic heterocycles. The molecule has 0 aliphatic carbocycles. The molecule has 0 amide bonds. The second kappa shape index (κ2) is 5.83. The van der Waals surface area contributed by atoms with Crippen LogP contribution in [-0.4, -0.2) is 31.8 Å². The lowest BCUT2D eigenvalue weighted by Crippen LogP contribution is -2.38. The Labute approximate surface area is 126 Å². The van der Waals surface area contributed by atoms with E-state index in [1.165, 1.54) is 16.4 Å². The van der Waals surface area contributed by atoms with Gasteiger partial charge in [-0.1, -0.05) is 22.9 Å². The summed E-state index contributed by atoms with van der Waals surface area (Å²) in [5.41, 5.74) is -0.150. The van der Waals surface area contributed by atoms with E-state index in [9.17, 15) is 18.3 Å². The summed E-state index contributed by atoms with van der Waals surface area (Å²) in [4.78, 5) is 10.9. The van der Waals surface area contributed by atoms with Crippen molar-refractivity contribution in [1.29, 1.82) is 0 Å². The predicted molar refractivity (Wildman–Crippen MR) is 75.6 cm³/mol. The molecule has 0 atom stereocenters. The number of rotatable bonds is 3. The summed E-state index contributed by atoms with van der Waals surface area (Å²) in [6, 6.07) is 3.89. The third kappa shape index (κ3) is 3.21. The molecule has 0 bridgehead atoms. The Morgan fingerprint density at radius 1 is 1.30 bits per heavy atom. The zero-order valence-electron chi connectivity index (χ0n) is 11.0. The number of halogens is 1.